The van der Waals surface area contributed by atoms with Gasteiger partial charge in [-0.05, 0) is 55.9 Å². The first-order chi connectivity index (χ1) is 14.4. The molecule has 2 N–H and O–H groups in total. The average Bonchev–Trinajstić information content (AvgIpc) is 3.12. The second-order valence-electron chi connectivity index (χ2n) is 7.98. The summed E-state index contributed by atoms with van der Waals surface area (Å²) >= 11 is 0. The van der Waals surface area contributed by atoms with Crippen LogP contribution in [0.1, 0.15) is 52.3 Å². The molecule has 1 atom stereocenters. The van der Waals surface area contributed by atoms with Gasteiger partial charge < -0.3 is 14.7 Å². The molecule has 1 aromatic carbocycles. The van der Waals surface area contributed by atoms with E-state index >= 15 is 0 Å². The first-order valence-corrected chi connectivity index (χ1v) is 10.1. The van der Waals surface area contributed by atoms with Gasteiger partial charge in [0, 0.05) is 11.8 Å². The van der Waals surface area contributed by atoms with Crippen molar-refractivity contribution in [1.82, 2.24) is 15.3 Å². The number of halogens is 1. The predicted molar refractivity (Wildman–Crippen MR) is 110 cm³/mol. The molecule has 0 aliphatic heterocycles. The molecule has 156 valence electrons. The number of nitrogens with zero attached hydrogens (tertiary/aromatic N) is 1. The van der Waals surface area contributed by atoms with Gasteiger partial charge in [-0.25, -0.2) is 9.37 Å². The number of oxazole rings is 1. The topological polar surface area (TPSA) is 88.0 Å². The maximum atomic E-state index is 14.2. The van der Waals surface area contributed by atoms with Crippen LogP contribution in [0.4, 0.5) is 4.39 Å². The van der Waals surface area contributed by atoms with Crippen LogP contribution in [-0.2, 0) is 12.0 Å². The van der Waals surface area contributed by atoms with Crippen LogP contribution in [0, 0.1) is 25.6 Å². The molecular formula is C23H24FN3O3. The Morgan fingerprint density at radius 1 is 1.33 bits per heavy atom. The van der Waals surface area contributed by atoms with Gasteiger partial charge in [0.25, 0.3) is 5.91 Å². The summed E-state index contributed by atoms with van der Waals surface area (Å²) in [5, 5.41) is 3.20. The number of hydrogen-bond acceptors (Lipinski definition) is 4. The van der Waals surface area contributed by atoms with Crippen molar-refractivity contribution in [2.75, 3.05) is 0 Å². The van der Waals surface area contributed by atoms with Gasteiger partial charge in [-0.2, -0.15) is 0 Å². The number of aryl methyl sites for hydroxylation is 2. The third-order valence-corrected chi connectivity index (χ3v) is 6.05. The first-order valence-electron chi connectivity index (χ1n) is 10.1. The molecular weight excluding hydrogens is 385 g/mol. The molecule has 0 radical (unpaired) electrons. The van der Waals surface area contributed by atoms with Crippen molar-refractivity contribution >= 4 is 5.91 Å². The normalized spacial score (nSPS) is 16.0. The predicted octanol–water partition coefficient (Wildman–Crippen LogP) is 3.79. The molecule has 0 bridgehead atoms. The summed E-state index contributed by atoms with van der Waals surface area (Å²) in [5.41, 5.74) is 1.05. The molecule has 7 heteroatoms. The summed E-state index contributed by atoms with van der Waals surface area (Å²) in [6, 6.07) is 7.74. The zero-order valence-electron chi connectivity index (χ0n) is 17.0. The molecule has 0 saturated heterocycles. The third kappa shape index (κ3) is 3.67. The smallest absolute Gasteiger partial charge is 0.254 e. The highest BCUT2D eigenvalue weighted by atomic mass is 19.1. The largest absolute Gasteiger partial charge is 0.449 e. The fourth-order valence-corrected chi connectivity index (χ4v) is 4.41. The van der Waals surface area contributed by atoms with Gasteiger partial charge in [-0.15, -0.1) is 0 Å². The number of carbonyl (C=O) groups is 1. The Balaban J connectivity index is 1.82. The fourth-order valence-electron chi connectivity index (χ4n) is 4.41. The fraction of sp³-hybridized carbons (Fsp3) is 0.348. The molecule has 6 nitrogen and oxygen atoms in total. The zero-order chi connectivity index (χ0) is 21.3. The Bertz CT molecular complexity index is 1090. The second-order valence-corrected chi connectivity index (χ2v) is 7.98. The summed E-state index contributed by atoms with van der Waals surface area (Å²) in [7, 11) is 0. The molecule has 1 aliphatic rings. The van der Waals surface area contributed by atoms with Crippen LogP contribution in [0.3, 0.4) is 0 Å². The zero-order valence-corrected chi connectivity index (χ0v) is 17.0. The maximum absolute atomic E-state index is 14.2. The molecule has 4 rings (SSSR count). The SMILES string of the molecule is Cc1cc(=O)[nH]c(C)c1C(=O)N[C@](Cc1ncco1)(c1cccc(F)c1)C1CCC1. The van der Waals surface area contributed by atoms with Crippen molar-refractivity contribution in [3.8, 4) is 0 Å². The number of pyridine rings is 1. The number of aromatic amines is 1. The van der Waals surface area contributed by atoms with E-state index in [0.29, 0.717) is 34.7 Å². The maximum Gasteiger partial charge on any atom is 0.254 e. The van der Waals surface area contributed by atoms with Gasteiger partial charge in [-0.1, -0.05) is 18.6 Å². The van der Waals surface area contributed by atoms with Gasteiger partial charge in [0.1, 0.15) is 12.1 Å². The molecule has 30 heavy (non-hydrogen) atoms. The van der Waals surface area contributed by atoms with E-state index in [9.17, 15) is 14.0 Å². The number of rotatable bonds is 6. The lowest BCUT2D eigenvalue weighted by atomic mass is 9.65. The van der Waals surface area contributed by atoms with Gasteiger partial charge in [0.2, 0.25) is 5.56 Å². The summed E-state index contributed by atoms with van der Waals surface area (Å²) in [5.74, 6) is -0.0990. The van der Waals surface area contributed by atoms with Crippen LogP contribution in [-0.4, -0.2) is 15.9 Å². The Hall–Kier alpha value is -3.22. The van der Waals surface area contributed by atoms with Crippen molar-refractivity contribution < 1.29 is 13.6 Å². The lowest BCUT2D eigenvalue weighted by Gasteiger charge is -2.46. The number of H-pyrrole nitrogens is 1. The highest BCUT2D eigenvalue weighted by Crippen LogP contribution is 2.45. The number of aromatic nitrogens is 2. The lowest BCUT2D eigenvalue weighted by molar-refractivity contribution is 0.0729. The van der Waals surface area contributed by atoms with Crippen LogP contribution in [0.25, 0.3) is 0 Å². The highest BCUT2D eigenvalue weighted by molar-refractivity contribution is 5.97. The number of benzene rings is 1. The van der Waals surface area contributed by atoms with Gasteiger partial charge in [0.05, 0.1) is 23.7 Å². The Morgan fingerprint density at radius 2 is 2.13 bits per heavy atom. The van der Waals surface area contributed by atoms with Crippen LogP contribution in [0.5, 0.6) is 0 Å². The van der Waals surface area contributed by atoms with Crippen molar-refractivity contribution in [3.63, 3.8) is 0 Å². The van der Waals surface area contributed by atoms with Crippen molar-refractivity contribution in [3.05, 3.63) is 87.2 Å². The van der Waals surface area contributed by atoms with E-state index in [0.717, 1.165) is 19.3 Å². The monoisotopic (exact) mass is 409 g/mol. The van der Waals surface area contributed by atoms with Crippen LogP contribution in [0.2, 0.25) is 0 Å². The number of carbonyl (C=O) groups excluding carboxylic acids is 1. The van der Waals surface area contributed by atoms with E-state index in [-0.39, 0.29) is 23.2 Å². The quantitative estimate of drug-likeness (QED) is 0.648. The molecule has 2 heterocycles. The van der Waals surface area contributed by atoms with Gasteiger partial charge in [0.15, 0.2) is 5.89 Å². The minimum atomic E-state index is -0.878. The summed E-state index contributed by atoms with van der Waals surface area (Å²) in [4.78, 5) is 32.2. The molecule has 2 aromatic heterocycles. The molecule has 1 amide bonds. The Morgan fingerprint density at radius 3 is 2.73 bits per heavy atom. The Kier molecular flexibility index (Phi) is 5.28. The third-order valence-electron chi connectivity index (χ3n) is 6.05. The van der Waals surface area contributed by atoms with Crippen LogP contribution >= 0.6 is 0 Å². The summed E-state index contributed by atoms with van der Waals surface area (Å²) in [6.45, 7) is 3.43. The van der Waals surface area contributed by atoms with Crippen molar-refractivity contribution in [2.24, 2.45) is 5.92 Å². The summed E-state index contributed by atoms with van der Waals surface area (Å²) < 4.78 is 19.7. The van der Waals surface area contributed by atoms with E-state index in [2.05, 4.69) is 15.3 Å². The number of nitrogens with one attached hydrogen (secondary N) is 2. The van der Waals surface area contributed by atoms with Crippen LogP contribution < -0.4 is 10.9 Å². The number of amides is 1. The Labute approximate surface area is 173 Å². The molecule has 3 aromatic rings. The van der Waals surface area contributed by atoms with E-state index in [4.69, 9.17) is 4.42 Å². The molecule has 1 aliphatic carbocycles. The van der Waals surface area contributed by atoms with Crippen molar-refractivity contribution in [1.29, 1.82) is 0 Å². The molecule has 0 unspecified atom stereocenters. The molecule has 0 spiro atoms. The van der Waals surface area contributed by atoms with Crippen molar-refractivity contribution in [2.45, 2.75) is 45.1 Å². The van der Waals surface area contributed by atoms with E-state index < -0.39 is 5.54 Å². The van der Waals surface area contributed by atoms with E-state index in [1.165, 1.54) is 24.5 Å². The number of hydrogen-bond donors (Lipinski definition) is 2. The minimum absolute atomic E-state index is 0.110. The van der Waals surface area contributed by atoms with Gasteiger partial charge >= 0.3 is 0 Å². The standard InChI is InChI=1S/C23H24FN3O3/c1-14-11-19(28)26-15(2)21(14)22(29)27-23(16-5-3-6-16,13-20-25-9-10-30-20)17-7-4-8-18(24)12-17/h4,7-12,16H,3,5-6,13H2,1-2H3,(H,26,28)(H,27,29)/t23-/m0/s1. The summed E-state index contributed by atoms with van der Waals surface area (Å²) in [6.07, 6.45) is 6.21. The highest BCUT2D eigenvalue weighted by Gasteiger charge is 2.46. The van der Waals surface area contributed by atoms with E-state index in [1.54, 1.807) is 26.1 Å². The van der Waals surface area contributed by atoms with Crippen LogP contribution in [0.15, 0.2) is 52.0 Å². The van der Waals surface area contributed by atoms with E-state index in [1.807, 2.05) is 6.07 Å². The first kappa shape index (κ1) is 20.1. The van der Waals surface area contributed by atoms with Gasteiger partial charge in [-0.3, -0.25) is 9.59 Å². The lowest BCUT2D eigenvalue weighted by Crippen LogP contribution is -2.55. The second kappa shape index (κ2) is 7.89. The molecule has 1 saturated carbocycles. The minimum Gasteiger partial charge on any atom is -0.449 e. The average molecular weight is 409 g/mol. The molecule has 1 fully saturated rings.